The highest BCUT2D eigenvalue weighted by atomic mass is 32.1. The van der Waals surface area contributed by atoms with Crippen LogP contribution >= 0.6 is 11.3 Å². The van der Waals surface area contributed by atoms with Gasteiger partial charge in [0.2, 0.25) is 0 Å². The molecule has 4 nitrogen and oxygen atoms in total. The molecule has 1 aliphatic heterocycles. The van der Waals surface area contributed by atoms with Crippen molar-refractivity contribution in [2.45, 2.75) is 39.2 Å². The molecule has 20 heavy (non-hydrogen) atoms. The van der Waals surface area contributed by atoms with E-state index in [4.69, 9.17) is 9.72 Å². The monoisotopic (exact) mass is 293 g/mol. The third-order valence-corrected chi connectivity index (χ3v) is 4.91. The Morgan fingerprint density at radius 2 is 2.25 bits per heavy atom. The van der Waals surface area contributed by atoms with Gasteiger partial charge in [-0.25, -0.2) is 4.98 Å². The van der Waals surface area contributed by atoms with Gasteiger partial charge in [-0.1, -0.05) is 13.8 Å². The van der Waals surface area contributed by atoms with Crippen molar-refractivity contribution < 1.29 is 4.74 Å². The number of nitrogens with zero attached hydrogens (tertiary/aromatic N) is 2. The molecule has 0 atom stereocenters. The summed E-state index contributed by atoms with van der Waals surface area (Å²) in [6.45, 7) is 7.22. The van der Waals surface area contributed by atoms with Gasteiger partial charge in [0.15, 0.2) is 4.96 Å². The van der Waals surface area contributed by atoms with Gasteiger partial charge < -0.3 is 10.1 Å². The molecule has 0 amide bonds. The molecular weight excluding hydrogens is 270 g/mol. The Balaban J connectivity index is 1.76. The minimum Gasteiger partial charge on any atom is -0.381 e. The van der Waals surface area contributed by atoms with Gasteiger partial charge in [0.1, 0.15) is 0 Å². The standard InChI is InChI=1S/C15H23N3OS/c1-12(2)16-11-15(3-6-19-7-4-15)9-13-10-18-5-8-20-14(18)17-13/h5,8,10,12,16H,3-4,6-7,9,11H2,1-2H3. The van der Waals surface area contributed by atoms with Gasteiger partial charge in [0.25, 0.3) is 0 Å². The van der Waals surface area contributed by atoms with Crippen LogP contribution < -0.4 is 5.32 Å². The fourth-order valence-electron chi connectivity index (χ4n) is 2.89. The Kier molecular flexibility index (Phi) is 4.10. The first-order chi connectivity index (χ1) is 9.67. The quantitative estimate of drug-likeness (QED) is 0.921. The molecule has 0 aromatic carbocycles. The summed E-state index contributed by atoms with van der Waals surface area (Å²) in [7, 11) is 0. The van der Waals surface area contributed by atoms with Crippen molar-refractivity contribution >= 4 is 16.3 Å². The summed E-state index contributed by atoms with van der Waals surface area (Å²) in [6.07, 6.45) is 7.55. The van der Waals surface area contributed by atoms with E-state index in [1.807, 2.05) is 0 Å². The van der Waals surface area contributed by atoms with E-state index in [9.17, 15) is 0 Å². The lowest BCUT2D eigenvalue weighted by molar-refractivity contribution is 0.0137. The number of ether oxygens (including phenoxy) is 1. The highest BCUT2D eigenvalue weighted by Crippen LogP contribution is 2.34. The SMILES string of the molecule is CC(C)NCC1(Cc2cn3ccsc3n2)CCOCC1. The first kappa shape index (κ1) is 14.0. The number of rotatable bonds is 5. The van der Waals surface area contributed by atoms with Crippen molar-refractivity contribution in [3.8, 4) is 0 Å². The number of hydrogen-bond acceptors (Lipinski definition) is 4. The number of fused-ring (bicyclic) bond motifs is 1. The van der Waals surface area contributed by atoms with E-state index in [-0.39, 0.29) is 0 Å². The van der Waals surface area contributed by atoms with E-state index in [2.05, 4.69) is 41.3 Å². The summed E-state index contributed by atoms with van der Waals surface area (Å²) in [6, 6.07) is 0.528. The molecule has 2 aromatic rings. The summed E-state index contributed by atoms with van der Waals surface area (Å²) in [5, 5.41) is 5.70. The van der Waals surface area contributed by atoms with Crippen LogP contribution in [0.5, 0.6) is 0 Å². The molecule has 3 heterocycles. The van der Waals surface area contributed by atoms with E-state index >= 15 is 0 Å². The third-order valence-electron chi connectivity index (χ3n) is 4.14. The molecule has 2 aromatic heterocycles. The van der Waals surface area contributed by atoms with Gasteiger partial charge in [-0.15, -0.1) is 11.3 Å². The van der Waals surface area contributed by atoms with Crippen LogP contribution in [0.15, 0.2) is 17.8 Å². The summed E-state index contributed by atoms with van der Waals surface area (Å²) in [5.41, 5.74) is 1.51. The average Bonchev–Trinajstić information content (AvgIpc) is 2.98. The molecule has 110 valence electrons. The lowest BCUT2D eigenvalue weighted by Gasteiger charge is -2.37. The Labute approximate surface area is 124 Å². The van der Waals surface area contributed by atoms with Gasteiger partial charge in [-0.2, -0.15) is 0 Å². The van der Waals surface area contributed by atoms with Crippen LogP contribution in [-0.4, -0.2) is 35.2 Å². The van der Waals surface area contributed by atoms with Crippen molar-refractivity contribution in [3.05, 3.63) is 23.5 Å². The Morgan fingerprint density at radius 3 is 2.95 bits per heavy atom. The summed E-state index contributed by atoms with van der Waals surface area (Å²) >= 11 is 1.70. The van der Waals surface area contributed by atoms with Gasteiger partial charge in [0, 0.05) is 43.6 Å². The molecule has 0 radical (unpaired) electrons. The number of thiazole rings is 1. The zero-order chi connectivity index (χ0) is 14.0. The van der Waals surface area contributed by atoms with E-state index in [0.29, 0.717) is 11.5 Å². The fraction of sp³-hybridized carbons (Fsp3) is 0.667. The number of aromatic nitrogens is 2. The molecule has 5 heteroatoms. The lowest BCUT2D eigenvalue weighted by Crippen LogP contribution is -2.43. The Hall–Kier alpha value is -0.910. The van der Waals surface area contributed by atoms with Crippen molar-refractivity contribution in [1.82, 2.24) is 14.7 Å². The largest absolute Gasteiger partial charge is 0.381 e. The maximum Gasteiger partial charge on any atom is 0.193 e. The van der Waals surface area contributed by atoms with Crippen LogP contribution in [0.25, 0.3) is 4.96 Å². The first-order valence-electron chi connectivity index (χ1n) is 7.39. The van der Waals surface area contributed by atoms with Crippen molar-refractivity contribution in [2.24, 2.45) is 5.41 Å². The summed E-state index contributed by atoms with van der Waals surface area (Å²) < 4.78 is 7.69. The maximum atomic E-state index is 5.56. The van der Waals surface area contributed by atoms with Crippen LogP contribution in [0, 0.1) is 5.41 Å². The average molecular weight is 293 g/mol. The Morgan fingerprint density at radius 1 is 1.45 bits per heavy atom. The van der Waals surface area contributed by atoms with Crippen LogP contribution in [-0.2, 0) is 11.2 Å². The van der Waals surface area contributed by atoms with E-state index in [1.54, 1.807) is 11.3 Å². The minimum atomic E-state index is 0.298. The molecule has 3 rings (SSSR count). The molecule has 0 unspecified atom stereocenters. The third kappa shape index (κ3) is 3.05. The summed E-state index contributed by atoms with van der Waals surface area (Å²) in [4.78, 5) is 5.85. The van der Waals surface area contributed by atoms with Gasteiger partial charge >= 0.3 is 0 Å². The second kappa shape index (κ2) is 5.84. The lowest BCUT2D eigenvalue weighted by atomic mass is 9.76. The Bertz CT molecular complexity index is 526. The molecule has 1 aliphatic rings. The normalized spacial score (nSPS) is 18.9. The smallest absolute Gasteiger partial charge is 0.193 e. The molecule has 1 fully saturated rings. The summed E-state index contributed by atoms with van der Waals surface area (Å²) in [5.74, 6) is 0. The zero-order valence-electron chi connectivity index (χ0n) is 12.3. The molecular formula is C15H23N3OS. The topological polar surface area (TPSA) is 38.6 Å². The second-order valence-electron chi connectivity index (χ2n) is 6.15. The van der Waals surface area contributed by atoms with Crippen LogP contribution in [0.1, 0.15) is 32.4 Å². The predicted molar refractivity (Wildman–Crippen MR) is 82.4 cm³/mol. The van der Waals surface area contributed by atoms with Gasteiger partial charge in [-0.3, -0.25) is 4.40 Å². The molecule has 1 N–H and O–H groups in total. The molecule has 0 aliphatic carbocycles. The van der Waals surface area contributed by atoms with Crippen molar-refractivity contribution in [3.63, 3.8) is 0 Å². The van der Waals surface area contributed by atoms with E-state index in [0.717, 1.165) is 44.0 Å². The van der Waals surface area contributed by atoms with Crippen molar-refractivity contribution in [1.29, 1.82) is 0 Å². The van der Waals surface area contributed by atoms with Crippen LogP contribution in [0.2, 0.25) is 0 Å². The predicted octanol–water partition coefficient (Wildman–Crippen LogP) is 2.73. The molecule has 0 spiro atoms. The van der Waals surface area contributed by atoms with Crippen molar-refractivity contribution in [2.75, 3.05) is 19.8 Å². The van der Waals surface area contributed by atoms with E-state index in [1.165, 1.54) is 5.69 Å². The van der Waals surface area contributed by atoms with Crippen LogP contribution in [0.4, 0.5) is 0 Å². The molecule has 1 saturated heterocycles. The van der Waals surface area contributed by atoms with Crippen LogP contribution in [0.3, 0.4) is 0 Å². The highest BCUT2D eigenvalue weighted by Gasteiger charge is 2.33. The number of imidazole rings is 1. The highest BCUT2D eigenvalue weighted by molar-refractivity contribution is 7.15. The van der Waals surface area contributed by atoms with Gasteiger partial charge in [-0.05, 0) is 24.7 Å². The second-order valence-corrected chi connectivity index (χ2v) is 7.02. The molecule has 0 saturated carbocycles. The first-order valence-corrected chi connectivity index (χ1v) is 8.27. The fourth-order valence-corrected chi connectivity index (χ4v) is 3.61. The zero-order valence-corrected chi connectivity index (χ0v) is 13.1. The maximum absolute atomic E-state index is 5.56. The van der Waals surface area contributed by atoms with Gasteiger partial charge in [0.05, 0.1) is 5.69 Å². The minimum absolute atomic E-state index is 0.298. The number of hydrogen-bond donors (Lipinski definition) is 1. The number of nitrogens with one attached hydrogen (secondary N) is 1. The van der Waals surface area contributed by atoms with E-state index < -0.39 is 0 Å². The molecule has 0 bridgehead atoms.